The Morgan fingerprint density at radius 3 is 2.42 bits per heavy atom. The second-order valence-electron chi connectivity index (χ2n) is 5.85. The van der Waals surface area contributed by atoms with E-state index >= 15 is 0 Å². The monoisotopic (exact) mass is 329 g/mol. The van der Waals surface area contributed by atoms with Crippen molar-refractivity contribution in [2.75, 3.05) is 0 Å². The molecule has 0 saturated carbocycles. The Kier molecular flexibility index (Phi) is 5.34. The smallest absolute Gasteiger partial charge is 0.330 e. The van der Waals surface area contributed by atoms with Crippen molar-refractivity contribution >= 4 is 11.9 Å². The Hall–Kier alpha value is -2.69. The van der Waals surface area contributed by atoms with Gasteiger partial charge in [0.25, 0.3) is 0 Å². The zero-order valence-electron chi connectivity index (χ0n) is 13.8. The number of carbonyl (C=O) groups is 2. The van der Waals surface area contributed by atoms with Crippen molar-refractivity contribution in [3.63, 3.8) is 0 Å². The summed E-state index contributed by atoms with van der Waals surface area (Å²) in [5.74, 6) is -2.69. The summed E-state index contributed by atoms with van der Waals surface area (Å²) < 4.78 is 13.3. The predicted octanol–water partition coefficient (Wildman–Crippen LogP) is 3.49. The van der Waals surface area contributed by atoms with Crippen molar-refractivity contribution in [2.24, 2.45) is 0 Å². The first-order valence-electron chi connectivity index (χ1n) is 7.66. The minimum absolute atomic E-state index is 0.434. The molecular formula is C19H20FNO3. The van der Waals surface area contributed by atoms with E-state index in [-0.39, 0.29) is 0 Å². The van der Waals surface area contributed by atoms with Gasteiger partial charge in [0, 0.05) is 0 Å². The number of amides is 1. The highest BCUT2D eigenvalue weighted by Crippen LogP contribution is 2.23. The van der Waals surface area contributed by atoms with Crippen molar-refractivity contribution in [2.45, 2.75) is 32.7 Å². The lowest BCUT2D eigenvalue weighted by molar-refractivity contribution is -0.142. The van der Waals surface area contributed by atoms with Gasteiger partial charge in [0.15, 0.2) is 6.04 Å². The third-order valence-electron chi connectivity index (χ3n) is 4.23. The molecule has 0 saturated heterocycles. The van der Waals surface area contributed by atoms with Gasteiger partial charge in [-0.1, -0.05) is 30.3 Å². The summed E-state index contributed by atoms with van der Waals surface area (Å²) in [6, 6.07) is 9.92. The van der Waals surface area contributed by atoms with Crippen LogP contribution in [0.2, 0.25) is 0 Å². The molecule has 2 N–H and O–H groups in total. The summed E-state index contributed by atoms with van der Waals surface area (Å²) >= 11 is 0. The Bertz CT molecular complexity index is 773. The molecule has 0 aromatic heterocycles. The average Bonchev–Trinajstić information content (AvgIpc) is 2.54. The van der Waals surface area contributed by atoms with Crippen LogP contribution in [0.25, 0.3) is 0 Å². The number of carboxylic acids is 1. The van der Waals surface area contributed by atoms with Gasteiger partial charge in [-0.3, -0.25) is 4.79 Å². The van der Waals surface area contributed by atoms with E-state index in [1.807, 2.05) is 19.9 Å². The van der Waals surface area contributed by atoms with Gasteiger partial charge >= 0.3 is 5.97 Å². The number of halogens is 1. The first-order valence-corrected chi connectivity index (χ1v) is 7.66. The maximum atomic E-state index is 13.3. The van der Waals surface area contributed by atoms with Crippen LogP contribution in [0, 0.1) is 19.7 Å². The molecule has 4 nitrogen and oxygen atoms in total. The largest absolute Gasteiger partial charge is 0.479 e. The Morgan fingerprint density at radius 1 is 1.12 bits per heavy atom. The molecule has 5 heteroatoms. The van der Waals surface area contributed by atoms with Gasteiger partial charge in [0.1, 0.15) is 5.82 Å². The van der Waals surface area contributed by atoms with E-state index in [4.69, 9.17) is 0 Å². The van der Waals surface area contributed by atoms with E-state index in [1.165, 1.54) is 18.2 Å². The number of benzene rings is 2. The second kappa shape index (κ2) is 7.25. The summed E-state index contributed by atoms with van der Waals surface area (Å²) in [7, 11) is 0. The number of hydrogen-bond acceptors (Lipinski definition) is 2. The number of aryl methyl sites for hydroxylation is 1. The molecule has 0 aliphatic heterocycles. The van der Waals surface area contributed by atoms with Gasteiger partial charge in [-0.15, -0.1) is 0 Å². The maximum Gasteiger partial charge on any atom is 0.330 e. The third-order valence-corrected chi connectivity index (χ3v) is 4.23. The van der Waals surface area contributed by atoms with Gasteiger partial charge in [0.2, 0.25) is 5.91 Å². The predicted molar refractivity (Wildman–Crippen MR) is 89.3 cm³/mol. The zero-order valence-corrected chi connectivity index (χ0v) is 13.8. The summed E-state index contributed by atoms with van der Waals surface area (Å²) in [4.78, 5) is 24.1. The normalized spacial score (nSPS) is 13.2. The van der Waals surface area contributed by atoms with Gasteiger partial charge in [-0.25, -0.2) is 9.18 Å². The minimum atomic E-state index is -1.14. The molecule has 2 atom stereocenters. The molecular weight excluding hydrogens is 309 g/mol. The maximum absolute atomic E-state index is 13.3. The number of carbonyl (C=O) groups excluding carboxylic acids is 1. The van der Waals surface area contributed by atoms with E-state index in [0.29, 0.717) is 11.1 Å². The van der Waals surface area contributed by atoms with Crippen LogP contribution in [-0.2, 0) is 9.59 Å². The Morgan fingerprint density at radius 2 is 1.79 bits per heavy atom. The van der Waals surface area contributed by atoms with Crippen molar-refractivity contribution in [1.82, 2.24) is 5.32 Å². The molecule has 0 radical (unpaired) electrons. The molecule has 0 aliphatic rings. The topological polar surface area (TPSA) is 66.4 Å². The van der Waals surface area contributed by atoms with Gasteiger partial charge < -0.3 is 10.4 Å². The summed E-state index contributed by atoms with van der Waals surface area (Å²) in [6.45, 7) is 5.32. The lowest BCUT2D eigenvalue weighted by atomic mass is 9.95. The van der Waals surface area contributed by atoms with Crippen LogP contribution in [0.15, 0.2) is 42.5 Å². The fourth-order valence-corrected chi connectivity index (χ4v) is 2.55. The highest BCUT2D eigenvalue weighted by Gasteiger charge is 2.26. The lowest BCUT2D eigenvalue weighted by Gasteiger charge is -2.20. The molecule has 0 spiro atoms. The summed E-state index contributed by atoms with van der Waals surface area (Å²) in [5.41, 5.74) is 2.81. The number of nitrogens with one attached hydrogen (secondary N) is 1. The lowest BCUT2D eigenvalue weighted by Crippen LogP contribution is -2.36. The van der Waals surface area contributed by atoms with Gasteiger partial charge in [-0.2, -0.15) is 0 Å². The molecule has 0 aliphatic carbocycles. The average molecular weight is 329 g/mol. The van der Waals surface area contributed by atoms with Crippen LogP contribution < -0.4 is 5.32 Å². The molecule has 1 amide bonds. The quantitative estimate of drug-likeness (QED) is 0.882. The SMILES string of the molecule is Cc1cccc(C(NC(=O)C(C)c2cccc(F)c2)C(=O)O)c1C. The molecule has 2 aromatic rings. The first kappa shape index (κ1) is 17.7. The van der Waals surface area contributed by atoms with Crippen molar-refractivity contribution < 1.29 is 19.1 Å². The second-order valence-corrected chi connectivity index (χ2v) is 5.85. The van der Waals surface area contributed by atoms with E-state index < -0.39 is 29.7 Å². The van der Waals surface area contributed by atoms with Crippen LogP contribution in [0.5, 0.6) is 0 Å². The van der Waals surface area contributed by atoms with Crippen molar-refractivity contribution in [3.8, 4) is 0 Å². The Balaban J connectivity index is 2.26. The molecule has 126 valence electrons. The molecule has 2 unspecified atom stereocenters. The molecule has 0 fully saturated rings. The van der Waals surface area contributed by atoms with E-state index in [2.05, 4.69) is 5.32 Å². The minimum Gasteiger partial charge on any atom is -0.479 e. The molecule has 0 heterocycles. The highest BCUT2D eigenvalue weighted by atomic mass is 19.1. The van der Waals surface area contributed by atoms with Gasteiger partial charge in [-0.05, 0) is 55.2 Å². The van der Waals surface area contributed by atoms with Crippen molar-refractivity contribution in [3.05, 3.63) is 70.5 Å². The summed E-state index contributed by atoms with van der Waals surface area (Å²) in [5, 5.41) is 12.1. The highest BCUT2D eigenvalue weighted by molar-refractivity contribution is 5.88. The molecule has 2 aromatic carbocycles. The Labute approximate surface area is 140 Å². The number of hydrogen-bond donors (Lipinski definition) is 2. The molecule has 2 rings (SSSR count). The fourth-order valence-electron chi connectivity index (χ4n) is 2.55. The van der Waals surface area contributed by atoms with Crippen molar-refractivity contribution in [1.29, 1.82) is 0 Å². The fraction of sp³-hybridized carbons (Fsp3) is 0.263. The van der Waals surface area contributed by atoms with E-state index in [9.17, 15) is 19.1 Å². The third kappa shape index (κ3) is 3.79. The standard InChI is InChI=1S/C19H20FNO3/c1-11-6-4-9-16(12(11)2)17(19(23)24)21-18(22)13(3)14-7-5-8-15(20)10-14/h4-10,13,17H,1-3H3,(H,21,22)(H,23,24). The molecule has 0 bridgehead atoms. The van der Waals surface area contributed by atoms with Crippen LogP contribution in [-0.4, -0.2) is 17.0 Å². The molecule has 24 heavy (non-hydrogen) atoms. The van der Waals surface area contributed by atoms with E-state index in [1.54, 1.807) is 25.1 Å². The van der Waals surface area contributed by atoms with Crippen LogP contribution in [0.4, 0.5) is 4.39 Å². The van der Waals surface area contributed by atoms with Gasteiger partial charge in [0.05, 0.1) is 5.92 Å². The number of aliphatic carboxylic acids is 1. The van der Waals surface area contributed by atoms with E-state index in [0.717, 1.165) is 11.1 Å². The van der Waals surface area contributed by atoms with Crippen LogP contribution in [0.3, 0.4) is 0 Å². The van der Waals surface area contributed by atoms with Crippen LogP contribution in [0.1, 0.15) is 41.1 Å². The summed E-state index contributed by atoms with van der Waals surface area (Å²) in [6.07, 6.45) is 0. The first-order chi connectivity index (χ1) is 11.3. The number of carboxylic acid groups (broad SMARTS) is 1. The zero-order chi connectivity index (χ0) is 17.9. The van der Waals surface area contributed by atoms with Crippen LogP contribution >= 0.6 is 0 Å². The number of rotatable bonds is 5.